The molecule has 3 rings (SSSR count). The standard InChI is InChI=1S/C16H12Cl3N3O2/c17-9-5-11(18)14(12(19)6-9)16(24)21-10-3-4-20-13(7-10)22-15(23)8-1-2-8/h3-8H,1-2H2,(H2,20,21,22,23,24). The number of carbonyl (C=O) groups is 2. The number of nitrogens with zero attached hydrogens (tertiary/aromatic N) is 1. The molecule has 2 amide bonds. The van der Waals surface area contributed by atoms with E-state index in [9.17, 15) is 9.59 Å². The van der Waals surface area contributed by atoms with Gasteiger partial charge in [-0.25, -0.2) is 4.98 Å². The van der Waals surface area contributed by atoms with Crippen molar-refractivity contribution in [3.05, 3.63) is 51.1 Å². The van der Waals surface area contributed by atoms with Crippen LogP contribution in [-0.2, 0) is 4.79 Å². The number of hydrogen-bond acceptors (Lipinski definition) is 3. The summed E-state index contributed by atoms with van der Waals surface area (Å²) >= 11 is 17.9. The first-order valence-electron chi connectivity index (χ1n) is 7.17. The number of nitrogens with one attached hydrogen (secondary N) is 2. The van der Waals surface area contributed by atoms with Crippen molar-refractivity contribution in [3.8, 4) is 0 Å². The number of pyridine rings is 1. The van der Waals surface area contributed by atoms with Gasteiger partial charge in [-0.15, -0.1) is 0 Å². The smallest absolute Gasteiger partial charge is 0.258 e. The number of rotatable bonds is 4. The van der Waals surface area contributed by atoms with Crippen molar-refractivity contribution in [2.24, 2.45) is 5.92 Å². The first-order valence-corrected chi connectivity index (χ1v) is 8.30. The lowest BCUT2D eigenvalue weighted by Crippen LogP contribution is -2.16. The van der Waals surface area contributed by atoms with Gasteiger partial charge in [0.1, 0.15) is 5.82 Å². The third kappa shape index (κ3) is 3.98. The van der Waals surface area contributed by atoms with E-state index in [0.717, 1.165) is 12.8 Å². The van der Waals surface area contributed by atoms with Gasteiger partial charge in [-0.05, 0) is 31.0 Å². The Morgan fingerprint density at radius 3 is 2.33 bits per heavy atom. The summed E-state index contributed by atoms with van der Waals surface area (Å²) < 4.78 is 0. The maximum absolute atomic E-state index is 12.4. The van der Waals surface area contributed by atoms with Crippen molar-refractivity contribution in [1.29, 1.82) is 0 Å². The Morgan fingerprint density at radius 1 is 1.04 bits per heavy atom. The van der Waals surface area contributed by atoms with Crippen molar-refractivity contribution in [1.82, 2.24) is 4.98 Å². The first kappa shape index (κ1) is 17.0. The Hall–Kier alpha value is -1.82. The fraction of sp³-hybridized carbons (Fsp3) is 0.188. The quantitative estimate of drug-likeness (QED) is 0.806. The summed E-state index contributed by atoms with van der Waals surface area (Å²) in [5.74, 6) is -0.100. The molecule has 0 saturated heterocycles. The molecule has 2 N–H and O–H groups in total. The van der Waals surface area contributed by atoms with Gasteiger partial charge >= 0.3 is 0 Å². The largest absolute Gasteiger partial charge is 0.322 e. The van der Waals surface area contributed by atoms with Crippen LogP contribution in [0.1, 0.15) is 23.2 Å². The van der Waals surface area contributed by atoms with Crippen molar-refractivity contribution >= 4 is 58.1 Å². The van der Waals surface area contributed by atoms with E-state index in [1.165, 1.54) is 18.3 Å². The van der Waals surface area contributed by atoms with E-state index in [-0.39, 0.29) is 27.4 Å². The van der Waals surface area contributed by atoms with Gasteiger partial charge in [0, 0.05) is 28.9 Å². The molecule has 1 aromatic heterocycles. The third-order valence-electron chi connectivity index (χ3n) is 3.45. The highest BCUT2D eigenvalue weighted by Crippen LogP contribution is 2.31. The van der Waals surface area contributed by atoms with Crippen LogP contribution in [0.25, 0.3) is 0 Å². The lowest BCUT2D eigenvalue weighted by atomic mass is 10.2. The molecule has 24 heavy (non-hydrogen) atoms. The van der Waals surface area contributed by atoms with Crippen molar-refractivity contribution in [2.75, 3.05) is 10.6 Å². The molecule has 1 heterocycles. The van der Waals surface area contributed by atoms with Crippen molar-refractivity contribution in [2.45, 2.75) is 12.8 Å². The van der Waals surface area contributed by atoms with Gasteiger partial charge in [-0.2, -0.15) is 0 Å². The Balaban J connectivity index is 1.76. The number of halogens is 3. The van der Waals surface area contributed by atoms with Crippen LogP contribution in [0.4, 0.5) is 11.5 Å². The summed E-state index contributed by atoms with van der Waals surface area (Å²) in [5, 5.41) is 6.04. The number of aromatic nitrogens is 1. The summed E-state index contributed by atoms with van der Waals surface area (Å²) in [6.45, 7) is 0. The van der Waals surface area contributed by atoms with E-state index in [0.29, 0.717) is 16.5 Å². The summed E-state index contributed by atoms with van der Waals surface area (Å²) in [6.07, 6.45) is 3.29. The molecule has 1 aromatic carbocycles. The second kappa shape index (κ2) is 6.97. The van der Waals surface area contributed by atoms with E-state index < -0.39 is 5.91 Å². The molecule has 124 valence electrons. The molecule has 1 aliphatic carbocycles. The van der Waals surface area contributed by atoms with E-state index in [4.69, 9.17) is 34.8 Å². The summed E-state index contributed by atoms with van der Waals surface area (Å²) in [4.78, 5) is 28.2. The molecule has 0 atom stereocenters. The molecule has 5 nitrogen and oxygen atoms in total. The van der Waals surface area contributed by atoms with Gasteiger partial charge in [0.15, 0.2) is 0 Å². The Bertz CT molecular complexity index is 799. The number of benzene rings is 1. The van der Waals surface area contributed by atoms with Gasteiger partial charge in [0.05, 0.1) is 15.6 Å². The minimum atomic E-state index is -0.479. The van der Waals surface area contributed by atoms with Crippen LogP contribution >= 0.6 is 34.8 Å². The molecule has 0 unspecified atom stereocenters. The number of anilines is 2. The molecule has 0 radical (unpaired) electrons. The van der Waals surface area contributed by atoms with Gasteiger partial charge in [0.2, 0.25) is 5.91 Å². The van der Waals surface area contributed by atoms with Gasteiger partial charge in [0.25, 0.3) is 5.91 Å². The van der Waals surface area contributed by atoms with Crippen LogP contribution in [0.15, 0.2) is 30.5 Å². The van der Waals surface area contributed by atoms with Crippen LogP contribution < -0.4 is 10.6 Å². The molecular formula is C16H12Cl3N3O2. The van der Waals surface area contributed by atoms with Gasteiger partial charge < -0.3 is 10.6 Å². The van der Waals surface area contributed by atoms with Crippen molar-refractivity contribution in [3.63, 3.8) is 0 Å². The monoisotopic (exact) mass is 383 g/mol. The maximum Gasteiger partial charge on any atom is 0.258 e. The zero-order valence-electron chi connectivity index (χ0n) is 12.3. The third-order valence-corrected chi connectivity index (χ3v) is 4.27. The average Bonchev–Trinajstić information content (AvgIpc) is 3.30. The topological polar surface area (TPSA) is 71.1 Å². The molecule has 8 heteroatoms. The summed E-state index contributed by atoms with van der Waals surface area (Å²) in [6, 6.07) is 6.05. The molecule has 0 aliphatic heterocycles. The summed E-state index contributed by atoms with van der Waals surface area (Å²) in [5.41, 5.74) is 0.589. The molecule has 0 bridgehead atoms. The second-order valence-electron chi connectivity index (χ2n) is 5.39. The van der Waals surface area contributed by atoms with E-state index >= 15 is 0 Å². The molecule has 2 aromatic rings. The van der Waals surface area contributed by atoms with Crippen LogP contribution in [-0.4, -0.2) is 16.8 Å². The Labute approximate surface area is 153 Å². The Morgan fingerprint density at radius 2 is 1.71 bits per heavy atom. The fourth-order valence-corrected chi connectivity index (χ4v) is 3.09. The summed E-state index contributed by atoms with van der Waals surface area (Å²) in [7, 11) is 0. The molecule has 1 aliphatic rings. The lowest BCUT2D eigenvalue weighted by molar-refractivity contribution is -0.117. The second-order valence-corrected chi connectivity index (χ2v) is 6.64. The van der Waals surface area contributed by atoms with Crippen LogP contribution in [0.5, 0.6) is 0 Å². The van der Waals surface area contributed by atoms with Gasteiger partial charge in [-0.3, -0.25) is 9.59 Å². The molecule has 0 spiro atoms. The molecular weight excluding hydrogens is 373 g/mol. The minimum absolute atomic E-state index is 0.0604. The Kier molecular flexibility index (Phi) is 4.94. The van der Waals surface area contributed by atoms with E-state index in [1.54, 1.807) is 12.1 Å². The van der Waals surface area contributed by atoms with Gasteiger partial charge in [-0.1, -0.05) is 34.8 Å². The average molecular weight is 385 g/mol. The molecule has 1 saturated carbocycles. The van der Waals surface area contributed by atoms with E-state index in [1.807, 2.05) is 0 Å². The van der Waals surface area contributed by atoms with Crippen LogP contribution in [0.2, 0.25) is 15.1 Å². The highest BCUT2D eigenvalue weighted by atomic mass is 35.5. The number of carbonyl (C=O) groups excluding carboxylic acids is 2. The predicted octanol–water partition coefficient (Wildman–Crippen LogP) is 4.64. The van der Waals surface area contributed by atoms with Crippen LogP contribution in [0.3, 0.4) is 0 Å². The minimum Gasteiger partial charge on any atom is -0.322 e. The van der Waals surface area contributed by atoms with Crippen LogP contribution in [0, 0.1) is 5.92 Å². The lowest BCUT2D eigenvalue weighted by Gasteiger charge is -2.10. The number of amides is 2. The fourth-order valence-electron chi connectivity index (χ4n) is 2.10. The SMILES string of the molecule is O=C(Nc1ccnc(NC(=O)C2CC2)c1)c1c(Cl)cc(Cl)cc1Cl. The molecule has 1 fully saturated rings. The highest BCUT2D eigenvalue weighted by Gasteiger charge is 2.29. The van der Waals surface area contributed by atoms with E-state index in [2.05, 4.69) is 15.6 Å². The normalized spacial score (nSPS) is 13.5. The number of hydrogen-bond donors (Lipinski definition) is 2. The maximum atomic E-state index is 12.4. The van der Waals surface area contributed by atoms with Crippen molar-refractivity contribution < 1.29 is 9.59 Å². The first-order chi connectivity index (χ1) is 11.4. The highest BCUT2D eigenvalue weighted by molar-refractivity contribution is 6.42. The predicted molar refractivity (Wildman–Crippen MR) is 95.0 cm³/mol. The zero-order valence-corrected chi connectivity index (χ0v) is 14.5. The zero-order chi connectivity index (χ0) is 17.3.